The summed E-state index contributed by atoms with van der Waals surface area (Å²) in [5, 5.41) is 4.82. The van der Waals surface area contributed by atoms with E-state index in [1.165, 1.54) is 11.1 Å². The van der Waals surface area contributed by atoms with Gasteiger partial charge in [0, 0.05) is 11.1 Å². The molecule has 94 valence electrons. The third-order valence-corrected chi connectivity index (χ3v) is 4.61. The van der Waals surface area contributed by atoms with Crippen molar-refractivity contribution in [2.45, 2.75) is 20.3 Å². The molecular formula is C14H14INOS. The van der Waals surface area contributed by atoms with Gasteiger partial charge in [-0.1, -0.05) is 13.0 Å². The lowest BCUT2D eigenvalue weighted by Gasteiger charge is -2.08. The van der Waals surface area contributed by atoms with E-state index in [1.54, 1.807) is 11.3 Å². The number of halogens is 1. The Morgan fingerprint density at radius 2 is 2.17 bits per heavy atom. The molecule has 2 nitrogen and oxygen atoms in total. The molecule has 0 unspecified atom stereocenters. The lowest BCUT2D eigenvalue weighted by Crippen LogP contribution is -2.11. The molecule has 0 saturated carbocycles. The first kappa shape index (κ1) is 13.5. The van der Waals surface area contributed by atoms with Crippen molar-refractivity contribution in [1.29, 1.82) is 0 Å². The number of hydrogen-bond acceptors (Lipinski definition) is 2. The Hall–Kier alpha value is -0.880. The van der Waals surface area contributed by atoms with E-state index in [1.807, 2.05) is 29.6 Å². The van der Waals surface area contributed by atoms with Crippen LogP contribution in [0, 0.1) is 9.81 Å². The Morgan fingerprint density at radius 1 is 1.39 bits per heavy atom. The van der Waals surface area contributed by atoms with Gasteiger partial charge in [-0.2, -0.15) is 0 Å². The summed E-state index contributed by atoms with van der Waals surface area (Å²) in [4.78, 5) is 12.0. The summed E-state index contributed by atoms with van der Waals surface area (Å²) in [5.41, 5.74) is 4.12. The molecule has 1 N–H and O–H groups in total. The molecule has 0 aliphatic rings. The molecule has 1 amide bonds. The molecule has 0 aliphatic heterocycles. The number of carbonyl (C=O) groups excluding carboxylic acids is 1. The predicted molar refractivity (Wildman–Crippen MR) is 85.5 cm³/mol. The Morgan fingerprint density at radius 3 is 2.78 bits per heavy atom. The van der Waals surface area contributed by atoms with E-state index in [9.17, 15) is 4.79 Å². The van der Waals surface area contributed by atoms with Crippen LogP contribution in [0.1, 0.15) is 28.4 Å². The first-order valence-corrected chi connectivity index (χ1v) is 7.71. The van der Waals surface area contributed by atoms with Crippen LogP contribution in [0.15, 0.2) is 29.6 Å². The minimum atomic E-state index is -0.0416. The van der Waals surface area contributed by atoms with Gasteiger partial charge < -0.3 is 5.32 Å². The summed E-state index contributed by atoms with van der Waals surface area (Å²) in [6, 6.07) is 7.94. The zero-order chi connectivity index (χ0) is 13.1. The normalized spacial score (nSPS) is 10.4. The van der Waals surface area contributed by atoms with E-state index < -0.39 is 0 Å². The van der Waals surface area contributed by atoms with Crippen LogP contribution in [-0.2, 0) is 6.42 Å². The SMILES string of the molecule is CCc1cc(NC(=O)c2csc(I)c2)ccc1C. The predicted octanol–water partition coefficient (Wildman–Crippen LogP) is 4.48. The molecule has 18 heavy (non-hydrogen) atoms. The Balaban J connectivity index is 2.16. The fourth-order valence-electron chi connectivity index (χ4n) is 1.76. The van der Waals surface area contributed by atoms with Crippen LogP contribution in [0.2, 0.25) is 0 Å². The second-order valence-electron chi connectivity index (χ2n) is 4.09. The quantitative estimate of drug-likeness (QED) is 0.793. The Bertz CT molecular complexity index is 577. The summed E-state index contributed by atoms with van der Waals surface area (Å²) in [6.45, 7) is 4.21. The molecule has 0 bridgehead atoms. The summed E-state index contributed by atoms with van der Waals surface area (Å²) in [6.07, 6.45) is 0.978. The van der Waals surface area contributed by atoms with E-state index in [0.29, 0.717) is 0 Å². The molecule has 0 spiro atoms. The van der Waals surface area contributed by atoms with Gasteiger partial charge in [-0.3, -0.25) is 4.79 Å². The average Bonchev–Trinajstić information content (AvgIpc) is 2.78. The van der Waals surface area contributed by atoms with Gasteiger partial charge in [-0.25, -0.2) is 0 Å². The van der Waals surface area contributed by atoms with Crippen LogP contribution in [0.25, 0.3) is 0 Å². The number of thiophene rings is 1. The third kappa shape index (κ3) is 3.11. The molecular weight excluding hydrogens is 357 g/mol. The molecule has 0 radical (unpaired) electrons. The largest absolute Gasteiger partial charge is 0.322 e. The number of hydrogen-bond donors (Lipinski definition) is 1. The lowest BCUT2D eigenvalue weighted by molar-refractivity contribution is 0.102. The Kier molecular flexibility index (Phi) is 4.40. The monoisotopic (exact) mass is 371 g/mol. The van der Waals surface area contributed by atoms with Gasteiger partial charge in [0.1, 0.15) is 0 Å². The molecule has 2 aromatic rings. The number of amides is 1. The van der Waals surface area contributed by atoms with Crippen molar-refractivity contribution in [2.24, 2.45) is 0 Å². The Labute approximate surface area is 125 Å². The maximum Gasteiger partial charge on any atom is 0.256 e. The summed E-state index contributed by atoms with van der Waals surface area (Å²) >= 11 is 3.80. The molecule has 1 aromatic carbocycles. The van der Waals surface area contributed by atoms with Gasteiger partial charge in [-0.15, -0.1) is 11.3 Å². The van der Waals surface area contributed by atoms with Crippen molar-refractivity contribution in [3.8, 4) is 0 Å². The molecule has 1 heterocycles. The molecule has 1 aromatic heterocycles. The average molecular weight is 371 g/mol. The molecule has 0 fully saturated rings. The number of anilines is 1. The first-order chi connectivity index (χ1) is 8.60. The highest BCUT2D eigenvalue weighted by atomic mass is 127. The molecule has 4 heteroatoms. The first-order valence-electron chi connectivity index (χ1n) is 5.75. The van der Waals surface area contributed by atoms with Crippen LogP contribution >= 0.6 is 33.9 Å². The van der Waals surface area contributed by atoms with Gasteiger partial charge in [0.2, 0.25) is 0 Å². The number of aryl methyl sites for hydroxylation is 2. The number of rotatable bonds is 3. The second-order valence-corrected chi connectivity index (χ2v) is 6.89. The fourth-order valence-corrected chi connectivity index (χ4v) is 3.09. The van der Waals surface area contributed by atoms with Crippen LogP contribution in [0.3, 0.4) is 0 Å². The van der Waals surface area contributed by atoms with Crippen molar-refractivity contribution >= 4 is 45.5 Å². The van der Waals surface area contributed by atoms with Crippen LogP contribution in [0.5, 0.6) is 0 Å². The number of nitrogens with one attached hydrogen (secondary N) is 1. The maximum atomic E-state index is 12.0. The topological polar surface area (TPSA) is 29.1 Å². The standard InChI is InChI=1S/C14H14INOS/c1-3-10-6-12(5-4-9(10)2)16-14(17)11-7-13(15)18-8-11/h4-8H,3H2,1-2H3,(H,16,17). The number of carbonyl (C=O) groups is 1. The van der Waals surface area contributed by atoms with Gasteiger partial charge in [-0.05, 0) is 65.3 Å². The summed E-state index contributed by atoms with van der Waals surface area (Å²) in [7, 11) is 0. The van der Waals surface area contributed by atoms with E-state index in [-0.39, 0.29) is 5.91 Å². The highest BCUT2D eigenvalue weighted by Gasteiger charge is 2.08. The highest BCUT2D eigenvalue weighted by Crippen LogP contribution is 2.20. The van der Waals surface area contributed by atoms with Gasteiger partial charge >= 0.3 is 0 Å². The van der Waals surface area contributed by atoms with Crippen molar-refractivity contribution in [1.82, 2.24) is 0 Å². The molecule has 2 rings (SSSR count). The van der Waals surface area contributed by atoms with Crippen molar-refractivity contribution < 1.29 is 4.79 Å². The minimum Gasteiger partial charge on any atom is -0.322 e. The van der Waals surface area contributed by atoms with Crippen LogP contribution in [-0.4, -0.2) is 5.91 Å². The fraction of sp³-hybridized carbons (Fsp3) is 0.214. The van der Waals surface area contributed by atoms with Gasteiger partial charge in [0.25, 0.3) is 5.91 Å². The zero-order valence-electron chi connectivity index (χ0n) is 10.3. The van der Waals surface area contributed by atoms with Crippen LogP contribution < -0.4 is 5.32 Å². The second kappa shape index (κ2) is 5.84. The van der Waals surface area contributed by atoms with E-state index >= 15 is 0 Å². The maximum absolute atomic E-state index is 12.0. The zero-order valence-corrected chi connectivity index (χ0v) is 13.3. The van der Waals surface area contributed by atoms with Gasteiger partial charge in [0.15, 0.2) is 0 Å². The number of benzene rings is 1. The minimum absolute atomic E-state index is 0.0416. The summed E-state index contributed by atoms with van der Waals surface area (Å²) < 4.78 is 1.12. The van der Waals surface area contributed by atoms with E-state index in [0.717, 1.165) is 20.6 Å². The summed E-state index contributed by atoms with van der Waals surface area (Å²) in [5.74, 6) is -0.0416. The van der Waals surface area contributed by atoms with Crippen molar-refractivity contribution in [3.63, 3.8) is 0 Å². The smallest absolute Gasteiger partial charge is 0.256 e. The highest BCUT2D eigenvalue weighted by molar-refractivity contribution is 14.1. The van der Waals surface area contributed by atoms with Crippen molar-refractivity contribution in [3.05, 3.63) is 49.2 Å². The molecule has 0 saturated heterocycles. The third-order valence-electron chi connectivity index (χ3n) is 2.82. The van der Waals surface area contributed by atoms with Crippen LogP contribution in [0.4, 0.5) is 5.69 Å². The van der Waals surface area contributed by atoms with E-state index in [4.69, 9.17) is 0 Å². The molecule has 0 aliphatic carbocycles. The lowest BCUT2D eigenvalue weighted by atomic mass is 10.1. The van der Waals surface area contributed by atoms with E-state index in [2.05, 4.69) is 41.8 Å². The molecule has 0 atom stereocenters. The van der Waals surface area contributed by atoms with Crippen molar-refractivity contribution in [2.75, 3.05) is 5.32 Å². The van der Waals surface area contributed by atoms with Gasteiger partial charge in [0.05, 0.1) is 8.45 Å².